The summed E-state index contributed by atoms with van der Waals surface area (Å²) in [5, 5.41) is 29.6. The first-order chi connectivity index (χ1) is 19.5. The van der Waals surface area contributed by atoms with Gasteiger partial charge in [-0.05, 0) is 55.8 Å². The van der Waals surface area contributed by atoms with Gasteiger partial charge in [-0.15, -0.1) is 0 Å². The minimum Gasteiger partial charge on any atom is -0.490 e. The lowest BCUT2D eigenvalue weighted by Gasteiger charge is -2.31. The molecule has 1 aliphatic heterocycles. The van der Waals surface area contributed by atoms with Crippen LogP contribution in [-0.4, -0.2) is 80.3 Å². The summed E-state index contributed by atoms with van der Waals surface area (Å²) >= 11 is 6.40. The molecule has 0 radical (unpaired) electrons. The summed E-state index contributed by atoms with van der Waals surface area (Å²) < 4.78 is 16.3. The highest BCUT2D eigenvalue weighted by Crippen LogP contribution is 2.32. The fourth-order valence-corrected chi connectivity index (χ4v) is 5.04. The number of ether oxygens (including phenoxy) is 3. The Morgan fingerprint density at radius 1 is 1.22 bits per heavy atom. The molecule has 1 aliphatic rings. The van der Waals surface area contributed by atoms with Crippen molar-refractivity contribution in [1.29, 1.82) is 5.26 Å². The molecule has 1 aromatic heterocycles. The second kappa shape index (κ2) is 15.4. The van der Waals surface area contributed by atoms with E-state index in [4.69, 9.17) is 25.8 Å². The molecule has 2 amide bonds. The highest BCUT2D eigenvalue weighted by Gasteiger charge is 2.31. The van der Waals surface area contributed by atoms with Gasteiger partial charge in [-0.25, -0.2) is 0 Å². The maximum Gasteiger partial charge on any atom is 0.268 e. The summed E-state index contributed by atoms with van der Waals surface area (Å²) in [5.41, 5.74) is 0.460. The normalized spacial score (nSPS) is 18.9. The minimum atomic E-state index is -0.894. The second-order valence-corrected chi connectivity index (χ2v) is 11.9. The predicted molar refractivity (Wildman–Crippen MR) is 156 cm³/mol. The van der Waals surface area contributed by atoms with Gasteiger partial charge < -0.3 is 34.9 Å². The van der Waals surface area contributed by atoms with Crippen molar-refractivity contribution in [3.8, 4) is 11.8 Å². The summed E-state index contributed by atoms with van der Waals surface area (Å²) in [6.07, 6.45) is 1.59. The number of carbonyl (C=O) groups excluding carboxylic acids is 2. The fraction of sp³-hybridized carbons (Fsp3) is 0.621. The number of carbonyl (C=O) groups is 2. The van der Waals surface area contributed by atoms with Crippen molar-refractivity contribution < 1.29 is 28.9 Å². The number of aliphatic hydroxyl groups excluding tert-OH is 1. The van der Waals surface area contributed by atoms with Crippen LogP contribution >= 0.6 is 11.6 Å². The Morgan fingerprint density at radius 2 is 1.98 bits per heavy atom. The monoisotopic (exact) mass is 591 g/mol. The summed E-state index contributed by atoms with van der Waals surface area (Å²) in [7, 11) is 1.60. The SMILES string of the molecule is COCCOCCOc1ccc(Cl)c2[nH]c(C(=O)NC(CC(C)(C)C)C(=O)NC(C#N)CC3CCCNC3O)cc12. The van der Waals surface area contributed by atoms with Gasteiger partial charge in [0.25, 0.3) is 5.91 Å². The Labute approximate surface area is 246 Å². The molecule has 2 heterocycles. The number of amides is 2. The first-order valence-electron chi connectivity index (χ1n) is 14.0. The number of benzene rings is 1. The van der Waals surface area contributed by atoms with Crippen molar-refractivity contribution in [1.82, 2.24) is 20.9 Å². The molecule has 0 aliphatic carbocycles. The van der Waals surface area contributed by atoms with Crippen molar-refractivity contribution in [3.63, 3.8) is 0 Å². The zero-order valence-corrected chi connectivity index (χ0v) is 25.0. The molecule has 0 bridgehead atoms. The molecule has 41 heavy (non-hydrogen) atoms. The molecule has 4 unspecified atom stereocenters. The third-order valence-corrected chi connectivity index (χ3v) is 7.18. The molecule has 226 valence electrons. The Hall–Kier alpha value is -2.88. The van der Waals surface area contributed by atoms with Crippen LogP contribution in [0, 0.1) is 22.7 Å². The second-order valence-electron chi connectivity index (χ2n) is 11.5. The van der Waals surface area contributed by atoms with Gasteiger partial charge in [0.1, 0.15) is 36.4 Å². The molecule has 2 aromatic rings. The van der Waals surface area contributed by atoms with Crippen LogP contribution < -0.4 is 20.7 Å². The van der Waals surface area contributed by atoms with Crippen LogP contribution in [0.2, 0.25) is 5.02 Å². The Morgan fingerprint density at radius 3 is 2.66 bits per heavy atom. The number of fused-ring (bicyclic) bond motifs is 1. The average molecular weight is 592 g/mol. The first kappa shape index (κ1) is 32.6. The van der Waals surface area contributed by atoms with Crippen LogP contribution in [0.4, 0.5) is 0 Å². The lowest BCUT2D eigenvalue weighted by molar-refractivity contribution is -0.124. The number of nitrogens with zero attached hydrogens (tertiary/aromatic N) is 1. The van der Waals surface area contributed by atoms with Gasteiger partial charge >= 0.3 is 0 Å². The lowest BCUT2D eigenvalue weighted by atomic mass is 9.87. The Balaban J connectivity index is 1.71. The molecule has 12 heteroatoms. The number of piperidine rings is 1. The summed E-state index contributed by atoms with van der Waals surface area (Å²) in [6.45, 7) is 8.25. The van der Waals surface area contributed by atoms with E-state index in [2.05, 4.69) is 27.0 Å². The van der Waals surface area contributed by atoms with Crippen molar-refractivity contribution in [2.24, 2.45) is 11.3 Å². The molecule has 0 spiro atoms. The number of aromatic nitrogens is 1. The van der Waals surface area contributed by atoms with Crippen LogP contribution in [0.3, 0.4) is 0 Å². The fourth-order valence-electron chi connectivity index (χ4n) is 4.82. The van der Waals surface area contributed by atoms with E-state index < -0.39 is 30.1 Å². The first-order valence-corrected chi connectivity index (χ1v) is 14.3. The van der Waals surface area contributed by atoms with E-state index in [0.717, 1.165) is 19.4 Å². The minimum absolute atomic E-state index is 0.145. The Kier molecular flexibility index (Phi) is 12.2. The Bertz CT molecular complexity index is 1210. The number of nitrogens with one attached hydrogen (secondary N) is 4. The summed E-state index contributed by atoms with van der Waals surface area (Å²) in [6, 6.07) is 5.48. The van der Waals surface area contributed by atoms with Crippen molar-refractivity contribution in [3.05, 3.63) is 28.9 Å². The van der Waals surface area contributed by atoms with E-state index in [1.807, 2.05) is 20.8 Å². The number of hydrogen-bond donors (Lipinski definition) is 5. The van der Waals surface area contributed by atoms with Crippen molar-refractivity contribution in [2.75, 3.05) is 40.1 Å². The zero-order chi connectivity index (χ0) is 30.0. The van der Waals surface area contributed by atoms with E-state index in [1.165, 1.54) is 0 Å². The topological polar surface area (TPSA) is 158 Å². The van der Waals surface area contributed by atoms with Crippen LogP contribution in [-0.2, 0) is 14.3 Å². The molecule has 1 saturated heterocycles. The highest BCUT2D eigenvalue weighted by atomic mass is 35.5. The number of aliphatic hydroxyl groups is 1. The standard InChI is InChI=1S/C29H42ClN5O6/c1-29(2,3)16-23(28(38)33-19(17-31)14-18-6-5-9-32-26(18)36)35-27(37)22-15-20-24(8-7-21(30)25(20)34-22)41-13-12-40-11-10-39-4/h7-8,15,18-19,23,26,32,34,36H,5-6,9-14,16H2,1-4H3,(H,33,38)(H,35,37). The van der Waals surface area contributed by atoms with Crippen LogP contribution in [0.15, 0.2) is 18.2 Å². The molecule has 11 nitrogen and oxygen atoms in total. The molecule has 5 N–H and O–H groups in total. The maximum atomic E-state index is 13.4. The zero-order valence-electron chi connectivity index (χ0n) is 24.2. The van der Waals surface area contributed by atoms with Crippen molar-refractivity contribution in [2.45, 2.75) is 64.8 Å². The van der Waals surface area contributed by atoms with Crippen molar-refractivity contribution >= 4 is 34.3 Å². The molecular formula is C29H42ClN5O6. The number of nitriles is 1. The highest BCUT2D eigenvalue weighted by molar-refractivity contribution is 6.35. The molecular weight excluding hydrogens is 550 g/mol. The maximum absolute atomic E-state index is 13.4. The van der Waals surface area contributed by atoms with Gasteiger partial charge in [0.05, 0.1) is 36.4 Å². The van der Waals surface area contributed by atoms with Crippen LogP contribution in [0.25, 0.3) is 10.9 Å². The third-order valence-electron chi connectivity index (χ3n) is 6.87. The van der Waals surface area contributed by atoms with Gasteiger partial charge in [0, 0.05) is 18.4 Å². The van der Waals surface area contributed by atoms with Crippen LogP contribution in [0.5, 0.6) is 5.75 Å². The largest absolute Gasteiger partial charge is 0.490 e. The van der Waals surface area contributed by atoms with E-state index in [1.54, 1.807) is 25.3 Å². The van der Waals surface area contributed by atoms with E-state index in [0.29, 0.717) is 60.9 Å². The number of rotatable bonds is 14. The molecule has 1 fully saturated rings. The van der Waals surface area contributed by atoms with Crippen LogP contribution in [0.1, 0.15) is 56.9 Å². The predicted octanol–water partition coefficient (Wildman–Crippen LogP) is 3.11. The van der Waals surface area contributed by atoms with Gasteiger partial charge in [0.15, 0.2) is 0 Å². The molecule has 0 saturated carbocycles. The number of halogens is 1. The number of methoxy groups -OCH3 is 1. The quantitative estimate of drug-likeness (QED) is 0.210. The summed E-state index contributed by atoms with van der Waals surface area (Å²) in [4.78, 5) is 29.8. The molecule has 1 aromatic carbocycles. The lowest BCUT2D eigenvalue weighted by Crippen LogP contribution is -2.52. The molecule has 4 atom stereocenters. The molecule has 3 rings (SSSR count). The van der Waals surface area contributed by atoms with E-state index >= 15 is 0 Å². The van der Waals surface area contributed by atoms with Gasteiger partial charge in [-0.2, -0.15) is 5.26 Å². The number of aromatic amines is 1. The van der Waals surface area contributed by atoms with Gasteiger partial charge in [0.2, 0.25) is 5.91 Å². The third kappa shape index (κ3) is 9.87. The number of hydrogen-bond acceptors (Lipinski definition) is 8. The van der Waals surface area contributed by atoms with E-state index in [9.17, 15) is 20.0 Å². The van der Waals surface area contributed by atoms with E-state index in [-0.39, 0.29) is 17.0 Å². The van der Waals surface area contributed by atoms with Gasteiger partial charge in [-0.1, -0.05) is 32.4 Å². The summed E-state index contributed by atoms with van der Waals surface area (Å²) in [5.74, 6) is -0.551. The number of H-pyrrole nitrogens is 1. The smallest absolute Gasteiger partial charge is 0.268 e. The van der Waals surface area contributed by atoms with Gasteiger partial charge in [-0.3, -0.25) is 14.9 Å². The average Bonchev–Trinajstić information content (AvgIpc) is 3.38.